The molecule has 0 atom stereocenters. The third-order valence-electron chi connectivity index (χ3n) is 3.28. The number of carbonyl (C=O) groups is 1. The van der Waals surface area contributed by atoms with E-state index >= 15 is 0 Å². The highest BCUT2D eigenvalue weighted by Gasteiger charge is 2.26. The maximum Gasteiger partial charge on any atom is 0.303 e. The predicted octanol–water partition coefficient (Wildman–Crippen LogP) is 0.998. The largest absolute Gasteiger partial charge is 0.481 e. The van der Waals surface area contributed by atoms with Gasteiger partial charge in [0, 0.05) is 30.6 Å². The molecule has 5 heteroatoms. The molecule has 1 fully saturated rings. The average Bonchev–Trinajstić information content (AvgIpc) is 2.38. The van der Waals surface area contributed by atoms with Gasteiger partial charge in [-0.3, -0.25) is 19.4 Å². The fraction of sp³-hybridized carbons (Fsp3) is 0.636. The lowest BCUT2D eigenvalue weighted by Crippen LogP contribution is -2.17. The maximum atomic E-state index is 11.8. The van der Waals surface area contributed by atoms with Gasteiger partial charge in [0.1, 0.15) is 0 Å². The molecule has 5 nitrogen and oxygen atoms in total. The van der Waals surface area contributed by atoms with E-state index < -0.39 is 5.97 Å². The van der Waals surface area contributed by atoms with Crippen LogP contribution in [0.15, 0.2) is 4.79 Å². The molecule has 1 aliphatic carbocycles. The van der Waals surface area contributed by atoms with E-state index in [4.69, 9.17) is 5.11 Å². The SMILES string of the molecule is Cn1[nH]c(C2CCC2)c(CCC(=O)O)c1=O. The molecular formula is C11H16N2O3. The van der Waals surface area contributed by atoms with Gasteiger partial charge in [-0.05, 0) is 19.3 Å². The summed E-state index contributed by atoms with van der Waals surface area (Å²) in [6.45, 7) is 0. The van der Waals surface area contributed by atoms with Crippen LogP contribution in [0.5, 0.6) is 0 Å². The average molecular weight is 224 g/mol. The Balaban J connectivity index is 2.25. The molecule has 0 radical (unpaired) electrons. The number of aromatic amines is 1. The summed E-state index contributed by atoms with van der Waals surface area (Å²) in [5.41, 5.74) is 1.54. The van der Waals surface area contributed by atoms with Crippen molar-refractivity contribution in [2.24, 2.45) is 7.05 Å². The van der Waals surface area contributed by atoms with E-state index in [1.807, 2.05) is 0 Å². The van der Waals surface area contributed by atoms with Crippen molar-refractivity contribution in [1.29, 1.82) is 0 Å². The molecule has 2 N–H and O–H groups in total. The zero-order valence-electron chi connectivity index (χ0n) is 9.32. The molecule has 0 unspecified atom stereocenters. The highest BCUT2D eigenvalue weighted by molar-refractivity contribution is 5.67. The number of hydrogen-bond donors (Lipinski definition) is 2. The fourth-order valence-corrected chi connectivity index (χ4v) is 2.12. The Morgan fingerprint density at radius 3 is 2.75 bits per heavy atom. The second-order valence-electron chi connectivity index (χ2n) is 4.39. The number of H-pyrrole nitrogens is 1. The van der Waals surface area contributed by atoms with Crippen molar-refractivity contribution in [3.63, 3.8) is 0 Å². The fourth-order valence-electron chi connectivity index (χ4n) is 2.12. The standard InChI is InChI=1S/C11H16N2O3/c1-13-11(16)8(5-6-9(14)15)10(12-13)7-3-2-4-7/h7,12H,2-6H2,1H3,(H,14,15). The van der Waals surface area contributed by atoms with Crippen molar-refractivity contribution in [2.75, 3.05) is 0 Å². The smallest absolute Gasteiger partial charge is 0.303 e. The molecule has 0 amide bonds. The zero-order valence-corrected chi connectivity index (χ0v) is 9.32. The van der Waals surface area contributed by atoms with Crippen LogP contribution in [-0.2, 0) is 18.3 Å². The van der Waals surface area contributed by atoms with Gasteiger partial charge in [0.15, 0.2) is 0 Å². The van der Waals surface area contributed by atoms with E-state index in [0.717, 1.165) is 18.5 Å². The Hall–Kier alpha value is -1.52. The maximum absolute atomic E-state index is 11.8. The summed E-state index contributed by atoms with van der Waals surface area (Å²) in [5.74, 6) is -0.430. The molecule has 16 heavy (non-hydrogen) atoms. The van der Waals surface area contributed by atoms with Gasteiger partial charge in [-0.2, -0.15) is 0 Å². The second-order valence-corrected chi connectivity index (χ2v) is 4.39. The minimum absolute atomic E-state index is 0.0206. The number of hydrogen-bond acceptors (Lipinski definition) is 2. The summed E-state index contributed by atoms with van der Waals surface area (Å²) in [4.78, 5) is 22.3. The lowest BCUT2D eigenvalue weighted by atomic mass is 9.81. The highest BCUT2D eigenvalue weighted by Crippen LogP contribution is 2.36. The van der Waals surface area contributed by atoms with E-state index in [-0.39, 0.29) is 12.0 Å². The van der Waals surface area contributed by atoms with Crippen LogP contribution in [0.3, 0.4) is 0 Å². The van der Waals surface area contributed by atoms with E-state index in [2.05, 4.69) is 5.10 Å². The van der Waals surface area contributed by atoms with Crippen molar-refractivity contribution >= 4 is 5.97 Å². The van der Waals surface area contributed by atoms with Crippen molar-refractivity contribution in [2.45, 2.75) is 38.0 Å². The lowest BCUT2D eigenvalue weighted by Gasteiger charge is -2.25. The second kappa shape index (κ2) is 4.15. The molecule has 1 saturated carbocycles. The number of aliphatic carboxylic acids is 1. The van der Waals surface area contributed by atoms with Gasteiger partial charge >= 0.3 is 5.97 Å². The molecule has 1 aliphatic rings. The number of carboxylic acids is 1. The Kier molecular flexibility index (Phi) is 2.85. The topological polar surface area (TPSA) is 75.1 Å². The van der Waals surface area contributed by atoms with Gasteiger partial charge in [-0.15, -0.1) is 0 Å². The monoisotopic (exact) mass is 224 g/mol. The zero-order chi connectivity index (χ0) is 11.7. The van der Waals surface area contributed by atoms with E-state index in [1.165, 1.54) is 11.1 Å². The first kappa shape index (κ1) is 11.0. The molecule has 0 aliphatic heterocycles. The Morgan fingerprint density at radius 2 is 2.25 bits per heavy atom. The Bertz CT molecular complexity index is 454. The number of nitrogens with zero attached hydrogens (tertiary/aromatic N) is 1. The number of carboxylic acid groups (broad SMARTS) is 1. The van der Waals surface area contributed by atoms with Crippen LogP contribution in [0.4, 0.5) is 0 Å². The van der Waals surface area contributed by atoms with Crippen LogP contribution in [0.25, 0.3) is 0 Å². The van der Waals surface area contributed by atoms with Crippen LogP contribution in [-0.4, -0.2) is 20.9 Å². The van der Waals surface area contributed by atoms with Crippen LogP contribution in [0.2, 0.25) is 0 Å². The van der Waals surface area contributed by atoms with Gasteiger partial charge in [0.2, 0.25) is 0 Å². The van der Waals surface area contributed by atoms with Crippen LogP contribution in [0, 0.1) is 0 Å². The first-order valence-corrected chi connectivity index (χ1v) is 5.59. The van der Waals surface area contributed by atoms with Crippen molar-refractivity contribution in [3.05, 3.63) is 21.6 Å². The predicted molar refractivity (Wildman–Crippen MR) is 58.6 cm³/mol. The molecule has 0 spiro atoms. The number of rotatable bonds is 4. The number of aryl methyl sites for hydroxylation is 1. The van der Waals surface area contributed by atoms with Crippen LogP contribution < -0.4 is 5.56 Å². The Morgan fingerprint density at radius 1 is 1.56 bits per heavy atom. The highest BCUT2D eigenvalue weighted by atomic mass is 16.4. The summed E-state index contributed by atoms with van der Waals surface area (Å²) in [6.07, 6.45) is 3.74. The Labute approximate surface area is 93.1 Å². The van der Waals surface area contributed by atoms with Crippen molar-refractivity contribution < 1.29 is 9.90 Å². The van der Waals surface area contributed by atoms with Gasteiger partial charge in [-0.1, -0.05) is 6.42 Å². The quantitative estimate of drug-likeness (QED) is 0.801. The molecule has 1 aromatic heterocycles. The van der Waals surface area contributed by atoms with Crippen molar-refractivity contribution in [3.8, 4) is 0 Å². The summed E-state index contributed by atoms with van der Waals surface area (Å²) in [7, 11) is 1.68. The molecule has 0 saturated heterocycles. The first-order chi connectivity index (χ1) is 7.59. The van der Waals surface area contributed by atoms with Gasteiger partial charge < -0.3 is 5.11 Å². The lowest BCUT2D eigenvalue weighted by molar-refractivity contribution is -0.136. The molecule has 0 aromatic carbocycles. The summed E-state index contributed by atoms with van der Waals surface area (Å²) < 4.78 is 1.45. The number of aromatic nitrogens is 2. The number of nitrogens with one attached hydrogen (secondary N) is 1. The summed E-state index contributed by atoms with van der Waals surface area (Å²) >= 11 is 0. The molecule has 1 heterocycles. The van der Waals surface area contributed by atoms with Crippen molar-refractivity contribution in [1.82, 2.24) is 9.78 Å². The van der Waals surface area contributed by atoms with E-state index in [0.29, 0.717) is 17.9 Å². The molecular weight excluding hydrogens is 208 g/mol. The summed E-state index contributed by atoms with van der Waals surface area (Å²) in [6, 6.07) is 0. The van der Waals surface area contributed by atoms with Gasteiger partial charge in [0.25, 0.3) is 5.56 Å². The molecule has 0 bridgehead atoms. The minimum Gasteiger partial charge on any atom is -0.481 e. The van der Waals surface area contributed by atoms with Crippen LogP contribution in [0.1, 0.15) is 42.9 Å². The molecule has 1 aromatic rings. The van der Waals surface area contributed by atoms with Crippen LogP contribution >= 0.6 is 0 Å². The van der Waals surface area contributed by atoms with E-state index in [9.17, 15) is 9.59 Å². The minimum atomic E-state index is -0.859. The first-order valence-electron chi connectivity index (χ1n) is 5.59. The summed E-state index contributed by atoms with van der Waals surface area (Å²) in [5, 5.41) is 11.7. The van der Waals surface area contributed by atoms with Gasteiger partial charge in [0.05, 0.1) is 0 Å². The molecule has 2 rings (SSSR count). The third kappa shape index (κ3) is 1.89. The molecule has 88 valence electrons. The van der Waals surface area contributed by atoms with E-state index in [1.54, 1.807) is 7.05 Å². The van der Waals surface area contributed by atoms with Gasteiger partial charge in [-0.25, -0.2) is 0 Å². The normalized spacial score (nSPS) is 16.1. The third-order valence-corrected chi connectivity index (χ3v) is 3.28.